The highest BCUT2D eigenvalue weighted by atomic mass is 32.1. The minimum atomic E-state index is -0.0242. The zero-order valence-corrected chi connectivity index (χ0v) is 16.5. The van der Waals surface area contributed by atoms with Gasteiger partial charge in [0.1, 0.15) is 11.2 Å². The zero-order chi connectivity index (χ0) is 19.1. The molecule has 1 aromatic carbocycles. The highest BCUT2D eigenvalue weighted by Crippen LogP contribution is 2.29. The van der Waals surface area contributed by atoms with Crippen LogP contribution in [-0.4, -0.2) is 51.7 Å². The van der Waals surface area contributed by atoms with Crippen molar-refractivity contribution in [2.75, 3.05) is 37.6 Å². The summed E-state index contributed by atoms with van der Waals surface area (Å²) in [5.74, 6) is 1.10. The maximum absolute atomic E-state index is 12.6. The molecule has 144 valence electrons. The van der Waals surface area contributed by atoms with Crippen LogP contribution in [0.15, 0.2) is 45.8 Å². The predicted octanol–water partition coefficient (Wildman–Crippen LogP) is 2.73. The summed E-state index contributed by atoms with van der Waals surface area (Å²) in [6, 6.07) is 10.2. The second-order valence-corrected chi connectivity index (χ2v) is 7.96. The molecule has 0 spiro atoms. The van der Waals surface area contributed by atoms with Crippen molar-refractivity contribution in [2.45, 2.75) is 13.5 Å². The standard InChI is InChI=1S/C20H21N5O2S/c1-14-18-16(27-21-14)6-7-25(20(18)26)13-10-23-8-11-24(12-9-23)19-15-4-2-3-5-17(15)28-22-19/h2-7H,8-13H2,1H3. The lowest BCUT2D eigenvalue weighted by atomic mass is 10.2. The van der Waals surface area contributed by atoms with E-state index in [1.807, 2.05) is 6.07 Å². The highest BCUT2D eigenvalue weighted by Gasteiger charge is 2.20. The first-order chi connectivity index (χ1) is 13.7. The van der Waals surface area contributed by atoms with Crippen LogP contribution in [0.5, 0.6) is 0 Å². The maximum atomic E-state index is 12.6. The van der Waals surface area contributed by atoms with Gasteiger partial charge in [0, 0.05) is 56.9 Å². The van der Waals surface area contributed by atoms with Gasteiger partial charge in [-0.25, -0.2) is 0 Å². The quantitative estimate of drug-likeness (QED) is 0.529. The summed E-state index contributed by atoms with van der Waals surface area (Å²) in [6.07, 6.45) is 1.80. The van der Waals surface area contributed by atoms with Crippen molar-refractivity contribution < 1.29 is 4.52 Å². The van der Waals surface area contributed by atoms with Crippen molar-refractivity contribution in [3.63, 3.8) is 0 Å². The van der Waals surface area contributed by atoms with Gasteiger partial charge in [0.25, 0.3) is 5.56 Å². The van der Waals surface area contributed by atoms with E-state index in [0.717, 1.165) is 38.5 Å². The second kappa shape index (κ2) is 7.03. The van der Waals surface area contributed by atoms with Gasteiger partial charge < -0.3 is 14.0 Å². The van der Waals surface area contributed by atoms with Crippen molar-refractivity contribution in [1.82, 2.24) is 19.0 Å². The fraction of sp³-hybridized carbons (Fsp3) is 0.350. The van der Waals surface area contributed by atoms with Gasteiger partial charge in [-0.2, -0.15) is 4.37 Å². The monoisotopic (exact) mass is 395 g/mol. The van der Waals surface area contributed by atoms with Gasteiger partial charge in [-0.3, -0.25) is 9.69 Å². The summed E-state index contributed by atoms with van der Waals surface area (Å²) < 4.78 is 12.8. The van der Waals surface area contributed by atoms with Crippen LogP contribution < -0.4 is 10.5 Å². The van der Waals surface area contributed by atoms with Crippen molar-refractivity contribution in [1.29, 1.82) is 0 Å². The lowest BCUT2D eigenvalue weighted by molar-refractivity contribution is 0.247. The minimum Gasteiger partial charge on any atom is -0.356 e. The Kier molecular flexibility index (Phi) is 4.37. The Morgan fingerprint density at radius 3 is 2.79 bits per heavy atom. The summed E-state index contributed by atoms with van der Waals surface area (Å²) in [7, 11) is 0. The topological polar surface area (TPSA) is 67.4 Å². The van der Waals surface area contributed by atoms with E-state index in [1.54, 1.807) is 29.2 Å². The first kappa shape index (κ1) is 17.4. The number of piperazine rings is 1. The summed E-state index contributed by atoms with van der Waals surface area (Å²) in [5.41, 5.74) is 1.19. The molecule has 3 aromatic heterocycles. The van der Waals surface area contributed by atoms with Gasteiger partial charge in [0.2, 0.25) is 0 Å². The van der Waals surface area contributed by atoms with Gasteiger partial charge in [-0.05, 0) is 30.6 Å². The predicted molar refractivity (Wildman–Crippen MR) is 111 cm³/mol. The van der Waals surface area contributed by atoms with E-state index in [1.165, 1.54) is 10.1 Å². The zero-order valence-electron chi connectivity index (χ0n) is 15.7. The smallest absolute Gasteiger partial charge is 0.263 e. The molecule has 0 unspecified atom stereocenters. The van der Waals surface area contributed by atoms with E-state index in [9.17, 15) is 4.79 Å². The number of pyridine rings is 1. The number of hydrogen-bond donors (Lipinski definition) is 0. The number of anilines is 1. The molecule has 4 heterocycles. The average molecular weight is 395 g/mol. The van der Waals surface area contributed by atoms with Crippen LogP contribution in [0.25, 0.3) is 21.1 Å². The number of hydrogen-bond acceptors (Lipinski definition) is 7. The van der Waals surface area contributed by atoms with Crippen molar-refractivity contribution in [3.05, 3.63) is 52.6 Å². The second-order valence-electron chi connectivity index (χ2n) is 7.15. The van der Waals surface area contributed by atoms with E-state index in [4.69, 9.17) is 4.52 Å². The fourth-order valence-corrected chi connectivity index (χ4v) is 4.63. The van der Waals surface area contributed by atoms with Gasteiger partial charge >= 0.3 is 0 Å². The van der Waals surface area contributed by atoms with Crippen LogP contribution in [0, 0.1) is 6.92 Å². The first-order valence-corrected chi connectivity index (χ1v) is 10.3. The molecule has 0 amide bonds. The SMILES string of the molecule is Cc1noc2ccn(CCN3CCN(c4nsc5ccccc45)CC3)c(=O)c12. The molecule has 0 radical (unpaired) electrons. The van der Waals surface area contributed by atoms with Crippen molar-refractivity contribution >= 4 is 38.4 Å². The van der Waals surface area contributed by atoms with E-state index < -0.39 is 0 Å². The largest absolute Gasteiger partial charge is 0.356 e. The van der Waals surface area contributed by atoms with E-state index in [2.05, 4.69) is 43.6 Å². The highest BCUT2D eigenvalue weighted by molar-refractivity contribution is 7.13. The third-order valence-electron chi connectivity index (χ3n) is 5.46. The van der Waals surface area contributed by atoms with Crippen LogP contribution in [0.1, 0.15) is 5.69 Å². The number of aryl methyl sites for hydroxylation is 1. The summed E-state index contributed by atoms with van der Waals surface area (Å²) in [4.78, 5) is 17.4. The molecule has 0 bridgehead atoms. The number of benzene rings is 1. The molecule has 0 aliphatic carbocycles. The third kappa shape index (κ3) is 2.98. The van der Waals surface area contributed by atoms with Crippen LogP contribution in [0.3, 0.4) is 0 Å². The number of rotatable bonds is 4. The molecule has 1 aliphatic heterocycles. The summed E-state index contributed by atoms with van der Waals surface area (Å²) in [5, 5.41) is 5.72. The number of fused-ring (bicyclic) bond motifs is 2. The Balaban J connectivity index is 1.24. The van der Waals surface area contributed by atoms with E-state index >= 15 is 0 Å². The van der Waals surface area contributed by atoms with Crippen LogP contribution in [0.4, 0.5) is 5.82 Å². The van der Waals surface area contributed by atoms with Crippen molar-refractivity contribution in [2.24, 2.45) is 0 Å². The molecule has 0 N–H and O–H groups in total. The van der Waals surface area contributed by atoms with Gasteiger partial charge in [-0.15, -0.1) is 0 Å². The summed E-state index contributed by atoms with van der Waals surface area (Å²) >= 11 is 1.56. The lowest BCUT2D eigenvalue weighted by Gasteiger charge is -2.35. The molecule has 28 heavy (non-hydrogen) atoms. The molecule has 5 rings (SSSR count). The molecule has 4 aromatic rings. The lowest BCUT2D eigenvalue weighted by Crippen LogP contribution is -2.47. The van der Waals surface area contributed by atoms with Gasteiger partial charge in [0.15, 0.2) is 5.58 Å². The van der Waals surface area contributed by atoms with Crippen LogP contribution in [0.2, 0.25) is 0 Å². The Hall–Kier alpha value is -2.71. The number of nitrogens with zero attached hydrogens (tertiary/aromatic N) is 5. The van der Waals surface area contributed by atoms with Gasteiger partial charge in [-0.1, -0.05) is 17.3 Å². The Morgan fingerprint density at radius 2 is 1.93 bits per heavy atom. The molecule has 7 nitrogen and oxygen atoms in total. The molecule has 1 fully saturated rings. The Labute approximate surface area is 165 Å². The van der Waals surface area contributed by atoms with Crippen LogP contribution >= 0.6 is 11.5 Å². The molecule has 0 saturated carbocycles. The van der Waals surface area contributed by atoms with Gasteiger partial charge in [0.05, 0.1) is 10.4 Å². The Morgan fingerprint density at radius 1 is 1.11 bits per heavy atom. The molecule has 1 aliphatic rings. The van der Waals surface area contributed by atoms with E-state index in [0.29, 0.717) is 23.2 Å². The third-order valence-corrected chi connectivity index (χ3v) is 6.27. The molecular formula is C20H21N5O2S. The molecule has 1 saturated heterocycles. The Bertz CT molecular complexity index is 1190. The molecule has 8 heteroatoms. The molecule has 0 atom stereocenters. The normalized spacial score (nSPS) is 15.7. The average Bonchev–Trinajstić information content (AvgIpc) is 3.32. The van der Waals surface area contributed by atoms with E-state index in [-0.39, 0.29) is 5.56 Å². The maximum Gasteiger partial charge on any atom is 0.263 e. The number of aromatic nitrogens is 3. The fourth-order valence-electron chi connectivity index (χ4n) is 3.84. The van der Waals surface area contributed by atoms with Crippen LogP contribution in [-0.2, 0) is 6.54 Å². The first-order valence-electron chi connectivity index (χ1n) is 9.48. The summed E-state index contributed by atoms with van der Waals surface area (Å²) in [6.45, 7) is 7.16. The molecular weight excluding hydrogens is 374 g/mol. The minimum absolute atomic E-state index is 0.0242. The van der Waals surface area contributed by atoms with Crippen molar-refractivity contribution in [3.8, 4) is 0 Å².